The van der Waals surface area contributed by atoms with Crippen LogP contribution in [0.5, 0.6) is 0 Å². The minimum atomic E-state index is 0.00245. The summed E-state index contributed by atoms with van der Waals surface area (Å²) >= 11 is 0. The third-order valence-corrected chi connectivity index (χ3v) is 4.02. The molecule has 1 aliphatic rings. The second-order valence-corrected chi connectivity index (χ2v) is 5.94. The second kappa shape index (κ2) is 6.68. The average molecular weight is 278 g/mol. The molecule has 20 heavy (non-hydrogen) atoms. The summed E-state index contributed by atoms with van der Waals surface area (Å²) in [6.45, 7) is 8.08. The molecule has 0 amide bonds. The molecule has 1 fully saturated rings. The fourth-order valence-electron chi connectivity index (χ4n) is 3.02. The summed E-state index contributed by atoms with van der Waals surface area (Å²) < 4.78 is 10.9. The number of hydrogen-bond acceptors (Lipinski definition) is 4. The molecule has 0 aromatic heterocycles. The molecule has 1 aliphatic heterocycles. The van der Waals surface area contributed by atoms with Crippen molar-refractivity contribution in [3.05, 3.63) is 35.4 Å². The van der Waals surface area contributed by atoms with Crippen molar-refractivity contribution >= 4 is 0 Å². The van der Waals surface area contributed by atoms with Crippen LogP contribution in [-0.4, -0.2) is 43.9 Å². The first-order valence-corrected chi connectivity index (χ1v) is 7.21. The largest absolute Gasteiger partial charge is 0.380 e. The van der Waals surface area contributed by atoms with Crippen molar-refractivity contribution in [3.8, 4) is 0 Å². The molecule has 0 bridgehead atoms. The van der Waals surface area contributed by atoms with E-state index in [0.717, 1.165) is 19.8 Å². The van der Waals surface area contributed by atoms with Crippen LogP contribution in [0.1, 0.15) is 31.0 Å². The lowest BCUT2D eigenvalue weighted by molar-refractivity contribution is -0.0715. The van der Waals surface area contributed by atoms with Gasteiger partial charge in [-0.05, 0) is 25.0 Å². The minimum Gasteiger partial charge on any atom is -0.380 e. The Morgan fingerprint density at radius 2 is 2.15 bits per heavy atom. The Labute approximate surface area is 121 Å². The van der Waals surface area contributed by atoms with Crippen LogP contribution in [-0.2, 0) is 16.1 Å². The minimum absolute atomic E-state index is 0.00245. The number of nitrogens with zero attached hydrogens (tertiary/aromatic N) is 1. The van der Waals surface area contributed by atoms with Gasteiger partial charge in [0, 0.05) is 31.8 Å². The van der Waals surface area contributed by atoms with Crippen LogP contribution in [0.25, 0.3) is 0 Å². The predicted molar refractivity (Wildman–Crippen MR) is 80.6 cm³/mol. The molecule has 1 atom stereocenters. The van der Waals surface area contributed by atoms with Gasteiger partial charge in [0.05, 0.1) is 19.8 Å². The maximum absolute atomic E-state index is 6.10. The Bertz CT molecular complexity index is 434. The summed E-state index contributed by atoms with van der Waals surface area (Å²) in [7, 11) is 1.73. The van der Waals surface area contributed by atoms with E-state index in [1.54, 1.807) is 7.11 Å². The van der Waals surface area contributed by atoms with Crippen molar-refractivity contribution in [2.24, 2.45) is 5.73 Å². The highest BCUT2D eigenvalue weighted by molar-refractivity contribution is 5.30. The Hall–Kier alpha value is -0.940. The SMILES string of the molecule is COCc1ccccc1C(CN)N1CCOCC1(C)C. The predicted octanol–water partition coefficient (Wildman–Crippen LogP) is 1.94. The van der Waals surface area contributed by atoms with Crippen molar-refractivity contribution in [3.63, 3.8) is 0 Å². The molecule has 0 aliphatic carbocycles. The molecule has 1 aromatic carbocycles. The third kappa shape index (κ3) is 3.20. The van der Waals surface area contributed by atoms with E-state index in [0.29, 0.717) is 13.2 Å². The molecule has 2 N–H and O–H groups in total. The normalized spacial score (nSPS) is 20.8. The van der Waals surface area contributed by atoms with Crippen molar-refractivity contribution in [1.29, 1.82) is 0 Å². The van der Waals surface area contributed by atoms with E-state index in [2.05, 4.69) is 43.0 Å². The summed E-state index contributed by atoms with van der Waals surface area (Å²) in [6.07, 6.45) is 0. The molecule has 4 nitrogen and oxygen atoms in total. The van der Waals surface area contributed by atoms with E-state index in [1.807, 2.05) is 0 Å². The summed E-state index contributed by atoms with van der Waals surface area (Å²) in [6, 6.07) is 8.62. The van der Waals surface area contributed by atoms with E-state index < -0.39 is 0 Å². The van der Waals surface area contributed by atoms with Crippen LogP contribution >= 0.6 is 0 Å². The van der Waals surface area contributed by atoms with Crippen molar-refractivity contribution in [2.45, 2.75) is 32.0 Å². The molecular formula is C16H26N2O2. The number of ether oxygens (including phenoxy) is 2. The number of methoxy groups -OCH3 is 1. The quantitative estimate of drug-likeness (QED) is 0.894. The summed E-state index contributed by atoms with van der Waals surface area (Å²) in [5, 5.41) is 0. The highest BCUT2D eigenvalue weighted by Crippen LogP contribution is 2.31. The van der Waals surface area contributed by atoms with Gasteiger partial charge in [-0.25, -0.2) is 0 Å². The van der Waals surface area contributed by atoms with Gasteiger partial charge in [-0.1, -0.05) is 24.3 Å². The number of rotatable bonds is 5. The van der Waals surface area contributed by atoms with Gasteiger partial charge < -0.3 is 15.2 Å². The molecule has 1 aromatic rings. The smallest absolute Gasteiger partial charge is 0.0716 e. The lowest BCUT2D eigenvalue weighted by Gasteiger charge is -2.46. The van der Waals surface area contributed by atoms with Crippen molar-refractivity contribution in [1.82, 2.24) is 4.90 Å². The van der Waals surface area contributed by atoms with Gasteiger partial charge in [-0.3, -0.25) is 4.90 Å². The maximum atomic E-state index is 6.10. The molecule has 4 heteroatoms. The van der Waals surface area contributed by atoms with E-state index in [-0.39, 0.29) is 11.6 Å². The van der Waals surface area contributed by atoms with Gasteiger partial charge >= 0.3 is 0 Å². The number of nitrogens with two attached hydrogens (primary N) is 1. The second-order valence-electron chi connectivity index (χ2n) is 5.94. The monoisotopic (exact) mass is 278 g/mol. The zero-order chi connectivity index (χ0) is 14.6. The molecule has 2 rings (SSSR count). The first-order valence-electron chi connectivity index (χ1n) is 7.21. The van der Waals surface area contributed by atoms with Crippen LogP contribution in [0.15, 0.2) is 24.3 Å². The van der Waals surface area contributed by atoms with Crippen LogP contribution in [0.2, 0.25) is 0 Å². The summed E-state index contributed by atoms with van der Waals surface area (Å²) in [5.41, 5.74) is 8.59. The van der Waals surface area contributed by atoms with Crippen molar-refractivity contribution in [2.75, 3.05) is 33.4 Å². The van der Waals surface area contributed by atoms with Gasteiger partial charge in [0.2, 0.25) is 0 Å². The Morgan fingerprint density at radius 3 is 2.80 bits per heavy atom. The third-order valence-electron chi connectivity index (χ3n) is 4.02. The number of benzene rings is 1. The average Bonchev–Trinajstić information content (AvgIpc) is 2.43. The molecule has 0 spiro atoms. The zero-order valence-electron chi connectivity index (χ0n) is 12.8. The van der Waals surface area contributed by atoms with Crippen LogP contribution in [0.4, 0.5) is 0 Å². The zero-order valence-corrected chi connectivity index (χ0v) is 12.8. The van der Waals surface area contributed by atoms with E-state index in [1.165, 1.54) is 11.1 Å². The lowest BCUT2D eigenvalue weighted by Crippen LogP contribution is -2.55. The first kappa shape index (κ1) is 15.4. The van der Waals surface area contributed by atoms with E-state index in [4.69, 9.17) is 15.2 Å². The van der Waals surface area contributed by atoms with Crippen LogP contribution in [0, 0.1) is 0 Å². The molecular weight excluding hydrogens is 252 g/mol. The molecule has 1 saturated heterocycles. The maximum Gasteiger partial charge on any atom is 0.0716 e. The molecule has 0 radical (unpaired) electrons. The molecule has 112 valence electrons. The number of morpholine rings is 1. The van der Waals surface area contributed by atoms with E-state index in [9.17, 15) is 0 Å². The van der Waals surface area contributed by atoms with Gasteiger partial charge in [0.15, 0.2) is 0 Å². The highest BCUT2D eigenvalue weighted by Gasteiger charge is 2.36. The van der Waals surface area contributed by atoms with Crippen molar-refractivity contribution < 1.29 is 9.47 Å². The molecule has 0 saturated carbocycles. The molecule has 1 unspecified atom stereocenters. The Balaban J connectivity index is 2.32. The standard InChI is InChI=1S/C16H26N2O2/c1-16(2)12-20-9-8-18(16)15(10-17)14-7-5-4-6-13(14)11-19-3/h4-7,15H,8-12,17H2,1-3H3. The van der Waals surface area contributed by atoms with Crippen LogP contribution in [0.3, 0.4) is 0 Å². The van der Waals surface area contributed by atoms with Gasteiger partial charge in [-0.15, -0.1) is 0 Å². The lowest BCUT2D eigenvalue weighted by atomic mass is 9.93. The van der Waals surface area contributed by atoms with Gasteiger partial charge in [-0.2, -0.15) is 0 Å². The summed E-state index contributed by atoms with van der Waals surface area (Å²) in [5.74, 6) is 0. The fraction of sp³-hybridized carbons (Fsp3) is 0.625. The van der Waals surface area contributed by atoms with Gasteiger partial charge in [0.25, 0.3) is 0 Å². The topological polar surface area (TPSA) is 47.7 Å². The Morgan fingerprint density at radius 1 is 1.40 bits per heavy atom. The first-order chi connectivity index (χ1) is 9.60. The molecule has 1 heterocycles. The highest BCUT2D eigenvalue weighted by atomic mass is 16.5. The Kier molecular flexibility index (Phi) is 5.16. The number of hydrogen-bond donors (Lipinski definition) is 1. The van der Waals surface area contributed by atoms with E-state index >= 15 is 0 Å². The van der Waals surface area contributed by atoms with Crippen LogP contribution < -0.4 is 5.73 Å². The summed E-state index contributed by atoms with van der Waals surface area (Å²) in [4.78, 5) is 2.46. The fourth-order valence-corrected chi connectivity index (χ4v) is 3.02. The van der Waals surface area contributed by atoms with Gasteiger partial charge in [0.1, 0.15) is 0 Å².